The first-order chi connectivity index (χ1) is 18.9. The van der Waals surface area contributed by atoms with Crippen LogP contribution < -0.4 is 5.32 Å². The Bertz CT molecular complexity index is 1440. The molecule has 0 radical (unpaired) electrons. The van der Waals surface area contributed by atoms with Crippen molar-refractivity contribution < 1.29 is 36.2 Å². The number of hydrogen-bond donors (Lipinski definition) is 2. The molecule has 1 aliphatic heterocycles. The molecule has 2 unspecified atom stereocenters. The van der Waals surface area contributed by atoms with Gasteiger partial charge in [0.1, 0.15) is 0 Å². The average molecular weight is 560 g/mol. The maximum atomic E-state index is 13.4. The number of aliphatic hydroxyl groups is 1. The molecule has 2 N–H and O–H groups in total. The highest BCUT2D eigenvalue weighted by atomic mass is 19.4. The lowest BCUT2D eigenvalue weighted by Crippen LogP contribution is -2.53. The second-order valence-electron chi connectivity index (χ2n) is 9.74. The number of nitrogens with one attached hydrogen (secondary N) is 1. The van der Waals surface area contributed by atoms with Crippen molar-refractivity contribution in [1.29, 1.82) is 0 Å². The van der Waals surface area contributed by atoms with E-state index in [9.17, 15) is 36.2 Å². The summed E-state index contributed by atoms with van der Waals surface area (Å²) < 4.78 is 80.2. The lowest BCUT2D eigenvalue weighted by molar-refractivity contribution is -0.376. The van der Waals surface area contributed by atoms with Crippen LogP contribution in [-0.2, 0) is 11.0 Å². The van der Waals surface area contributed by atoms with E-state index in [1.165, 1.54) is 36.7 Å². The molecular formula is C28H22F6N4O2. The van der Waals surface area contributed by atoms with E-state index in [1.54, 1.807) is 30.6 Å². The largest absolute Gasteiger partial charge is 0.430 e. The second kappa shape index (κ2) is 9.84. The Morgan fingerprint density at radius 3 is 2.02 bits per heavy atom. The predicted molar refractivity (Wildman–Crippen MR) is 132 cm³/mol. The smallest absolute Gasteiger partial charge is 0.369 e. The molecule has 1 aliphatic carbocycles. The molecule has 1 aromatic carbocycles. The molecule has 5 rings (SSSR count). The number of carbonyl (C=O) groups excluding carboxylic acids is 1. The molecule has 0 saturated heterocycles. The molecule has 2 aliphatic rings. The highest BCUT2D eigenvalue weighted by Gasteiger charge is 2.71. The maximum Gasteiger partial charge on any atom is 0.430 e. The van der Waals surface area contributed by atoms with Gasteiger partial charge in [-0.15, -0.1) is 0 Å². The van der Waals surface area contributed by atoms with E-state index >= 15 is 0 Å². The zero-order chi connectivity index (χ0) is 28.8. The minimum Gasteiger partial charge on any atom is -0.369 e. The van der Waals surface area contributed by atoms with Gasteiger partial charge in [0.15, 0.2) is 0 Å². The van der Waals surface area contributed by atoms with Gasteiger partial charge in [-0.05, 0) is 48.7 Å². The van der Waals surface area contributed by atoms with Gasteiger partial charge in [-0.3, -0.25) is 19.8 Å². The van der Waals surface area contributed by atoms with Crippen LogP contribution in [0.2, 0.25) is 0 Å². The first kappa shape index (κ1) is 27.5. The van der Waals surface area contributed by atoms with Crippen molar-refractivity contribution in [3.8, 4) is 0 Å². The third-order valence-corrected chi connectivity index (χ3v) is 7.46. The Kier molecular flexibility index (Phi) is 6.77. The molecule has 1 saturated carbocycles. The van der Waals surface area contributed by atoms with Crippen molar-refractivity contribution in [2.24, 2.45) is 10.9 Å². The standard InChI is InChI=1S/C28H22F6N4O2/c29-27(30,31)26(40,28(32,33)34)20-3-1-19(2-4-20)25-9-14-37-22(17-5-10-35-11-6-17)15-23(21(25)16-25)38-24(39)18-7-12-36-13-8-18/h1-8,10-13,15,21,40H,9,14,16H2,(H,38,39). The van der Waals surface area contributed by atoms with Crippen LogP contribution in [0.3, 0.4) is 0 Å². The molecule has 40 heavy (non-hydrogen) atoms. The molecule has 3 aromatic rings. The maximum absolute atomic E-state index is 13.4. The van der Waals surface area contributed by atoms with Gasteiger partial charge in [0.25, 0.3) is 11.5 Å². The van der Waals surface area contributed by atoms with E-state index in [-0.39, 0.29) is 5.92 Å². The summed E-state index contributed by atoms with van der Waals surface area (Å²) in [6.07, 6.45) is -3.16. The number of alkyl halides is 6. The fraction of sp³-hybridized carbons (Fsp3) is 0.286. The highest BCUT2D eigenvalue weighted by molar-refractivity contribution is 6.09. The molecule has 1 amide bonds. The molecule has 6 nitrogen and oxygen atoms in total. The summed E-state index contributed by atoms with van der Waals surface area (Å²) in [6.45, 7) is 0.326. The van der Waals surface area contributed by atoms with E-state index in [2.05, 4.69) is 20.3 Å². The normalized spacial score (nSPS) is 21.3. The quantitative estimate of drug-likeness (QED) is 0.418. The van der Waals surface area contributed by atoms with Crippen molar-refractivity contribution in [1.82, 2.24) is 15.3 Å². The Morgan fingerprint density at radius 1 is 0.875 bits per heavy atom. The summed E-state index contributed by atoms with van der Waals surface area (Å²) in [5.74, 6) is -0.694. The Morgan fingerprint density at radius 2 is 1.45 bits per heavy atom. The average Bonchev–Trinajstić information content (AvgIpc) is 3.64. The summed E-state index contributed by atoms with van der Waals surface area (Å²) in [4.78, 5) is 25.6. The number of carbonyl (C=O) groups is 1. The SMILES string of the molecule is O=C(NC1=CC(c2ccncc2)=NCCC2(c3ccc(C(O)(C(F)(F)F)C(F)(F)F)cc3)CC12)c1ccncc1. The molecule has 12 heteroatoms. The predicted octanol–water partition coefficient (Wildman–Crippen LogP) is 5.25. The number of halogens is 6. The number of aliphatic imine (C=N–C) groups is 1. The molecular weight excluding hydrogens is 538 g/mol. The Labute approximate surface area is 224 Å². The van der Waals surface area contributed by atoms with Gasteiger partial charge >= 0.3 is 12.4 Å². The van der Waals surface area contributed by atoms with E-state index in [1.807, 2.05) is 0 Å². The number of benzene rings is 1. The topological polar surface area (TPSA) is 87.5 Å². The minimum atomic E-state index is -5.97. The van der Waals surface area contributed by atoms with Gasteiger partial charge in [0, 0.05) is 65.1 Å². The van der Waals surface area contributed by atoms with Crippen LogP contribution in [0.25, 0.3) is 0 Å². The lowest BCUT2D eigenvalue weighted by Gasteiger charge is -2.33. The van der Waals surface area contributed by atoms with Gasteiger partial charge in [-0.2, -0.15) is 26.3 Å². The van der Waals surface area contributed by atoms with Gasteiger partial charge < -0.3 is 10.4 Å². The van der Waals surface area contributed by atoms with Crippen molar-refractivity contribution in [3.63, 3.8) is 0 Å². The number of rotatable bonds is 5. The van der Waals surface area contributed by atoms with Gasteiger partial charge in [0.2, 0.25) is 0 Å². The van der Waals surface area contributed by atoms with Crippen LogP contribution in [0.5, 0.6) is 0 Å². The molecule has 3 heterocycles. The third-order valence-electron chi connectivity index (χ3n) is 7.46. The first-order valence-electron chi connectivity index (χ1n) is 12.2. The van der Waals surface area contributed by atoms with Crippen LogP contribution in [0.4, 0.5) is 26.3 Å². The van der Waals surface area contributed by atoms with Crippen LogP contribution in [0.15, 0.2) is 90.1 Å². The molecule has 2 atom stereocenters. The lowest BCUT2D eigenvalue weighted by atomic mass is 9.85. The van der Waals surface area contributed by atoms with E-state index in [0.717, 1.165) is 5.56 Å². The van der Waals surface area contributed by atoms with Gasteiger partial charge in [-0.1, -0.05) is 24.3 Å². The molecule has 0 bridgehead atoms. The highest BCUT2D eigenvalue weighted by Crippen LogP contribution is 2.60. The summed E-state index contributed by atoms with van der Waals surface area (Å²) in [6, 6.07) is 10.3. The van der Waals surface area contributed by atoms with Gasteiger partial charge in [0.05, 0.1) is 5.71 Å². The van der Waals surface area contributed by atoms with Crippen LogP contribution in [0, 0.1) is 5.92 Å². The van der Waals surface area contributed by atoms with Crippen molar-refractivity contribution >= 4 is 11.6 Å². The van der Waals surface area contributed by atoms with Crippen LogP contribution in [0.1, 0.15) is 39.9 Å². The Balaban J connectivity index is 1.50. The molecule has 2 aromatic heterocycles. The molecule has 208 valence electrons. The number of aromatic nitrogens is 2. The number of fused-ring (bicyclic) bond motifs is 1. The van der Waals surface area contributed by atoms with Crippen molar-refractivity contribution in [2.45, 2.75) is 36.2 Å². The minimum absolute atomic E-state index is 0.291. The number of allylic oxidation sites excluding steroid dienone is 2. The first-order valence-corrected chi connectivity index (χ1v) is 12.2. The molecule has 1 fully saturated rings. The van der Waals surface area contributed by atoms with E-state index in [0.29, 0.717) is 54.1 Å². The summed E-state index contributed by atoms with van der Waals surface area (Å²) >= 11 is 0. The van der Waals surface area contributed by atoms with E-state index < -0.39 is 34.8 Å². The zero-order valence-corrected chi connectivity index (χ0v) is 20.7. The fourth-order valence-electron chi connectivity index (χ4n) is 5.18. The summed E-state index contributed by atoms with van der Waals surface area (Å²) in [5, 5.41) is 12.7. The molecule has 0 spiro atoms. The summed E-state index contributed by atoms with van der Waals surface area (Å²) in [5.41, 5.74) is -4.29. The Hall–Kier alpha value is -4.06. The number of hydrogen-bond acceptors (Lipinski definition) is 5. The number of nitrogens with zero attached hydrogens (tertiary/aromatic N) is 3. The van der Waals surface area contributed by atoms with Crippen LogP contribution in [-0.4, -0.2) is 45.6 Å². The summed E-state index contributed by atoms with van der Waals surface area (Å²) in [7, 11) is 0. The van der Waals surface area contributed by atoms with Crippen molar-refractivity contribution in [2.75, 3.05) is 6.54 Å². The van der Waals surface area contributed by atoms with Crippen LogP contribution >= 0.6 is 0 Å². The van der Waals surface area contributed by atoms with E-state index in [4.69, 9.17) is 0 Å². The van der Waals surface area contributed by atoms with Crippen molar-refractivity contribution in [3.05, 3.63) is 107 Å². The fourth-order valence-corrected chi connectivity index (χ4v) is 5.18. The number of amides is 1. The monoisotopic (exact) mass is 560 g/mol. The zero-order valence-electron chi connectivity index (χ0n) is 20.7. The third kappa shape index (κ3) is 4.76. The van der Waals surface area contributed by atoms with Gasteiger partial charge in [-0.25, -0.2) is 0 Å². The number of pyridine rings is 2. The second-order valence-corrected chi connectivity index (χ2v) is 9.74.